The van der Waals surface area contributed by atoms with Gasteiger partial charge in [-0.05, 0) is 12.1 Å². The predicted molar refractivity (Wildman–Crippen MR) is 91.2 cm³/mol. The maximum Gasteiger partial charge on any atom is 0.433 e. The molecule has 0 radical (unpaired) electrons. The zero-order chi connectivity index (χ0) is 16.5. The van der Waals surface area contributed by atoms with Crippen LogP contribution < -0.4 is 5.32 Å². The van der Waals surface area contributed by atoms with Gasteiger partial charge in [-0.25, -0.2) is 4.98 Å². The van der Waals surface area contributed by atoms with Gasteiger partial charge in [0.05, 0.1) is 6.07 Å². The summed E-state index contributed by atoms with van der Waals surface area (Å²) in [4.78, 5) is 17.8. The van der Waals surface area contributed by atoms with Gasteiger partial charge in [-0.1, -0.05) is 18.2 Å². The second-order valence-electron chi connectivity index (χ2n) is 5.14. The average molecular weight is 340 g/mol. The molecule has 8 heteroatoms. The maximum atomic E-state index is 10.9. The number of nitrogens with zero attached hydrogens (tertiary/aromatic N) is 2. The number of H-pyrrole nitrogens is 1. The SMILES string of the molecule is O=[N+]([O-])c1ccc(C(Nc2nccs2)c2c[nH]c3ccccc23)o1. The number of benzene rings is 1. The van der Waals surface area contributed by atoms with Gasteiger partial charge in [-0.15, -0.1) is 11.3 Å². The second kappa shape index (κ2) is 5.82. The van der Waals surface area contributed by atoms with Crippen molar-refractivity contribution < 1.29 is 9.34 Å². The van der Waals surface area contributed by atoms with Gasteiger partial charge < -0.3 is 14.7 Å². The molecule has 0 amide bonds. The molecule has 0 bridgehead atoms. The fraction of sp³-hybridized carbons (Fsp3) is 0.0625. The first-order valence-corrected chi connectivity index (χ1v) is 8.06. The van der Waals surface area contributed by atoms with E-state index in [2.05, 4.69) is 15.3 Å². The van der Waals surface area contributed by atoms with Crippen LogP contribution in [0.2, 0.25) is 0 Å². The third kappa shape index (κ3) is 2.52. The monoisotopic (exact) mass is 340 g/mol. The summed E-state index contributed by atoms with van der Waals surface area (Å²) >= 11 is 1.45. The standard InChI is InChI=1S/C16H12N4O3S/c21-20(22)14-6-5-13(23-14)15(19-16-17-7-8-24-16)11-9-18-12-4-2-1-3-10(11)12/h1-9,15,18H,(H,17,19). The summed E-state index contributed by atoms with van der Waals surface area (Å²) in [6.45, 7) is 0. The van der Waals surface area contributed by atoms with Crippen LogP contribution in [0.3, 0.4) is 0 Å². The highest BCUT2D eigenvalue weighted by Gasteiger charge is 2.24. The van der Waals surface area contributed by atoms with Gasteiger partial charge in [-0.3, -0.25) is 10.1 Å². The van der Waals surface area contributed by atoms with Crippen molar-refractivity contribution in [1.29, 1.82) is 0 Å². The zero-order valence-corrected chi connectivity index (χ0v) is 13.1. The summed E-state index contributed by atoms with van der Waals surface area (Å²) in [5, 5.41) is 17.8. The molecule has 0 fully saturated rings. The molecule has 3 aromatic heterocycles. The number of fused-ring (bicyclic) bond motifs is 1. The number of nitro groups is 1. The molecule has 4 rings (SSSR count). The van der Waals surface area contributed by atoms with E-state index >= 15 is 0 Å². The van der Waals surface area contributed by atoms with Gasteiger partial charge in [0.15, 0.2) is 5.13 Å². The van der Waals surface area contributed by atoms with E-state index in [-0.39, 0.29) is 11.9 Å². The molecule has 24 heavy (non-hydrogen) atoms. The van der Waals surface area contributed by atoms with Crippen LogP contribution in [0, 0.1) is 10.1 Å². The number of hydrogen-bond donors (Lipinski definition) is 2. The quantitative estimate of drug-likeness (QED) is 0.416. The summed E-state index contributed by atoms with van der Waals surface area (Å²) in [5.41, 5.74) is 1.92. The predicted octanol–water partition coefficient (Wildman–Crippen LogP) is 4.33. The summed E-state index contributed by atoms with van der Waals surface area (Å²) < 4.78 is 5.43. The number of anilines is 1. The van der Waals surface area contributed by atoms with Gasteiger partial charge in [-0.2, -0.15) is 0 Å². The molecule has 2 N–H and O–H groups in total. The van der Waals surface area contributed by atoms with E-state index < -0.39 is 4.92 Å². The fourth-order valence-corrected chi connectivity index (χ4v) is 3.21. The van der Waals surface area contributed by atoms with Gasteiger partial charge in [0.2, 0.25) is 0 Å². The zero-order valence-electron chi connectivity index (χ0n) is 12.3. The lowest BCUT2D eigenvalue weighted by Gasteiger charge is -2.15. The Balaban J connectivity index is 1.81. The van der Waals surface area contributed by atoms with Crippen LogP contribution in [-0.2, 0) is 0 Å². The van der Waals surface area contributed by atoms with Crippen molar-refractivity contribution in [2.24, 2.45) is 0 Å². The number of aromatic nitrogens is 2. The summed E-state index contributed by atoms with van der Waals surface area (Å²) in [7, 11) is 0. The molecule has 120 valence electrons. The Kier molecular flexibility index (Phi) is 3.51. The molecule has 3 heterocycles. The van der Waals surface area contributed by atoms with E-state index in [9.17, 15) is 10.1 Å². The Morgan fingerprint density at radius 2 is 2.17 bits per heavy atom. The van der Waals surface area contributed by atoms with Crippen molar-refractivity contribution in [3.8, 4) is 0 Å². The Morgan fingerprint density at radius 3 is 2.92 bits per heavy atom. The number of furan rings is 1. The Labute approximate surface area is 140 Å². The van der Waals surface area contributed by atoms with Crippen LogP contribution in [0.5, 0.6) is 0 Å². The minimum atomic E-state index is -0.542. The second-order valence-corrected chi connectivity index (χ2v) is 6.03. The average Bonchev–Trinajstić information content (AvgIpc) is 3.32. The van der Waals surface area contributed by atoms with Crippen molar-refractivity contribution in [1.82, 2.24) is 9.97 Å². The first kappa shape index (κ1) is 14.5. The molecule has 0 spiro atoms. The van der Waals surface area contributed by atoms with Crippen LogP contribution in [0.1, 0.15) is 17.4 Å². The third-order valence-electron chi connectivity index (χ3n) is 3.71. The molecule has 0 saturated heterocycles. The normalized spacial score (nSPS) is 12.3. The number of hydrogen-bond acceptors (Lipinski definition) is 6. The van der Waals surface area contributed by atoms with Crippen LogP contribution in [0.15, 0.2) is 58.6 Å². The lowest BCUT2D eigenvalue weighted by Crippen LogP contribution is -2.11. The van der Waals surface area contributed by atoms with E-state index in [1.54, 1.807) is 12.3 Å². The topological polar surface area (TPSA) is 97.0 Å². The molecule has 0 aliphatic rings. The van der Waals surface area contributed by atoms with Crippen molar-refractivity contribution >= 4 is 33.3 Å². The maximum absolute atomic E-state index is 10.9. The highest BCUT2D eigenvalue weighted by molar-refractivity contribution is 7.13. The van der Waals surface area contributed by atoms with Crippen LogP contribution in [0.25, 0.3) is 10.9 Å². The molecule has 0 saturated carbocycles. The molecular formula is C16H12N4O3S. The third-order valence-corrected chi connectivity index (χ3v) is 4.41. The molecule has 1 aromatic carbocycles. The van der Waals surface area contributed by atoms with E-state index in [4.69, 9.17) is 4.42 Å². The Bertz CT molecular complexity index is 990. The molecule has 0 aliphatic heterocycles. The van der Waals surface area contributed by atoms with Crippen LogP contribution in [-0.4, -0.2) is 14.9 Å². The van der Waals surface area contributed by atoms with Crippen LogP contribution in [0.4, 0.5) is 11.0 Å². The largest absolute Gasteiger partial charge is 0.433 e. The van der Waals surface area contributed by atoms with Gasteiger partial charge >= 0.3 is 5.88 Å². The van der Waals surface area contributed by atoms with Gasteiger partial charge in [0.25, 0.3) is 0 Å². The number of nitrogens with one attached hydrogen (secondary N) is 2. The Hall–Kier alpha value is -3.13. The summed E-state index contributed by atoms with van der Waals surface area (Å²) in [5.74, 6) is 0.178. The Morgan fingerprint density at radius 1 is 1.29 bits per heavy atom. The van der Waals surface area contributed by atoms with Crippen molar-refractivity contribution in [2.75, 3.05) is 5.32 Å². The highest BCUT2D eigenvalue weighted by atomic mass is 32.1. The first-order chi connectivity index (χ1) is 11.7. The van der Waals surface area contributed by atoms with E-state index in [0.29, 0.717) is 10.9 Å². The first-order valence-electron chi connectivity index (χ1n) is 7.18. The molecule has 1 unspecified atom stereocenters. The van der Waals surface area contributed by atoms with E-state index in [0.717, 1.165) is 16.5 Å². The lowest BCUT2D eigenvalue weighted by atomic mass is 10.0. The summed E-state index contributed by atoms with van der Waals surface area (Å²) in [6, 6.07) is 10.5. The molecule has 0 aliphatic carbocycles. The number of aromatic amines is 1. The van der Waals surface area contributed by atoms with Gasteiger partial charge in [0.1, 0.15) is 16.7 Å². The molecule has 7 nitrogen and oxygen atoms in total. The van der Waals surface area contributed by atoms with E-state index in [1.807, 2.05) is 35.8 Å². The highest BCUT2D eigenvalue weighted by Crippen LogP contribution is 2.34. The number of rotatable bonds is 5. The van der Waals surface area contributed by atoms with Crippen molar-refractivity contribution in [2.45, 2.75) is 6.04 Å². The van der Waals surface area contributed by atoms with Gasteiger partial charge in [0, 0.05) is 34.2 Å². The smallest absolute Gasteiger partial charge is 0.403 e. The molecular weight excluding hydrogens is 328 g/mol. The van der Waals surface area contributed by atoms with Crippen LogP contribution >= 0.6 is 11.3 Å². The minimum absolute atomic E-state index is 0.282. The summed E-state index contributed by atoms with van der Waals surface area (Å²) in [6.07, 6.45) is 3.58. The number of thiazole rings is 1. The lowest BCUT2D eigenvalue weighted by molar-refractivity contribution is -0.402. The fourth-order valence-electron chi connectivity index (χ4n) is 2.65. The van der Waals surface area contributed by atoms with E-state index in [1.165, 1.54) is 17.4 Å². The van der Waals surface area contributed by atoms with Crippen molar-refractivity contribution in [3.63, 3.8) is 0 Å². The molecule has 1 atom stereocenters. The van der Waals surface area contributed by atoms with Crippen molar-refractivity contribution in [3.05, 3.63) is 75.6 Å². The minimum Gasteiger partial charge on any atom is -0.403 e. The molecule has 4 aromatic rings. The number of para-hydroxylation sites is 1.